The molecule has 4 heteroatoms. The zero-order chi connectivity index (χ0) is 22.6. The molecule has 0 atom stereocenters. The minimum absolute atomic E-state index is 0.248. The number of hydrogen-bond donors (Lipinski definition) is 2. The molecule has 1 rings (SSSR count). The number of carbonyl (C=O) groups is 1. The molecule has 0 unspecified atom stereocenters. The van der Waals surface area contributed by atoms with Gasteiger partial charge in [0.15, 0.2) is 0 Å². The summed E-state index contributed by atoms with van der Waals surface area (Å²) < 4.78 is 5.07. The van der Waals surface area contributed by atoms with Crippen LogP contribution >= 0.6 is 0 Å². The first-order valence-corrected chi connectivity index (χ1v) is 11.7. The number of aromatic hydroxyl groups is 2. The molecule has 0 fully saturated rings. The van der Waals surface area contributed by atoms with E-state index < -0.39 is 5.60 Å². The molecule has 0 bridgehead atoms. The average Bonchev–Trinajstić information content (AvgIpc) is 2.63. The Bertz CT molecular complexity index is 629. The van der Waals surface area contributed by atoms with Gasteiger partial charge in [0.2, 0.25) is 0 Å². The van der Waals surface area contributed by atoms with Crippen molar-refractivity contribution in [1.29, 1.82) is 0 Å². The number of benzene rings is 1. The van der Waals surface area contributed by atoms with Crippen molar-refractivity contribution in [3.05, 3.63) is 23.3 Å². The van der Waals surface area contributed by atoms with Crippen molar-refractivity contribution in [2.75, 3.05) is 0 Å². The first-order chi connectivity index (χ1) is 14.0. The third kappa shape index (κ3) is 11.5. The minimum Gasteiger partial charge on any atom is -0.508 e. The van der Waals surface area contributed by atoms with E-state index in [9.17, 15) is 15.0 Å². The molecule has 0 spiro atoms. The van der Waals surface area contributed by atoms with Crippen LogP contribution in [0, 0.1) is 5.41 Å². The first kappa shape index (κ1) is 26.3. The molecule has 0 aromatic heterocycles. The van der Waals surface area contributed by atoms with Gasteiger partial charge in [0.1, 0.15) is 17.1 Å². The summed E-state index contributed by atoms with van der Waals surface area (Å²) in [6.07, 6.45) is 12.4. The van der Waals surface area contributed by atoms with Crippen LogP contribution in [-0.2, 0) is 22.4 Å². The predicted molar refractivity (Wildman–Crippen MR) is 124 cm³/mol. The van der Waals surface area contributed by atoms with E-state index in [0.717, 1.165) is 68.9 Å². The minimum atomic E-state index is -0.396. The van der Waals surface area contributed by atoms with Crippen LogP contribution in [-0.4, -0.2) is 22.3 Å². The third-order valence-corrected chi connectivity index (χ3v) is 5.72. The van der Waals surface area contributed by atoms with Crippen LogP contribution in [0.3, 0.4) is 0 Å². The highest BCUT2D eigenvalue weighted by atomic mass is 16.5. The van der Waals surface area contributed by atoms with E-state index in [1.54, 1.807) is 12.1 Å². The monoisotopic (exact) mass is 420 g/mol. The molecule has 0 saturated heterocycles. The number of rotatable bonds is 15. The smallest absolute Gasteiger partial charge is 0.293 e. The van der Waals surface area contributed by atoms with Crippen molar-refractivity contribution in [2.24, 2.45) is 5.41 Å². The summed E-state index contributed by atoms with van der Waals surface area (Å²) in [6.45, 7) is 11.2. The van der Waals surface area contributed by atoms with Crippen LogP contribution in [0.5, 0.6) is 11.5 Å². The topological polar surface area (TPSA) is 66.8 Å². The number of ether oxygens (including phenoxy) is 1. The van der Waals surface area contributed by atoms with Gasteiger partial charge in [-0.3, -0.25) is 4.79 Å². The SMILES string of the molecule is CC(C)(C)CCCCCCc1cc(O)cc(CCCCCCC(C)(C)OC=O)c1O. The van der Waals surface area contributed by atoms with Crippen LogP contribution in [0.2, 0.25) is 0 Å². The van der Waals surface area contributed by atoms with Gasteiger partial charge in [0, 0.05) is 0 Å². The molecule has 1 aromatic rings. The maximum atomic E-state index is 10.6. The lowest BCUT2D eigenvalue weighted by atomic mass is 9.89. The van der Waals surface area contributed by atoms with Crippen LogP contribution in [0.25, 0.3) is 0 Å². The summed E-state index contributed by atoms with van der Waals surface area (Å²) in [6, 6.07) is 3.41. The fourth-order valence-electron chi connectivity index (χ4n) is 3.86. The summed E-state index contributed by atoms with van der Waals surface area (Å²) in [5, 5.41) is 20.7. The Morgan fingerprint density at radius 3 is 1.70 bits per heavy atom. The van der Waals surface area contributed by atoms with Crippen molar-refractivity contribution >= 4 is 6.47 Å². The maximum Gasteiger partial charge on any atom is 0.293 e. The fourth-order valence-corrected chi connectivity index (χ4v) is 3.86. The Morgan fingerprint density at radius 2 is 1.23 bits per heavy atom. The highest BCUT2D eigenvalue weighted by Crippen LogP contribution is 2.31. The van der Waals surface area contributed by atoms with E-state index >= 15 is 0 Å². The summed E-state index contributed by atoms with van der Waals surface area (Å²) >= 11 is 0. The molecule has 172 valence electrons. The maximum absolute atomic E-state index is 10.6. The largest absolute Gasteiger partial charge is 0.508 e. The van der Waals surface area contributed by atoms with Gasteiger partial charge in [0.25, 0.3) is 6.47 Å². The zero-order valence-electron chi connectivity index (χ0n) is 19.9. The van der Waals surface area contributed by atoms with Crippen molar-refractivity contribution < 1.29 is 19.7 Å². The molecule has 0 aliphatic carbocycles. The molecule has 4 nitrogen and oxygen atoms in total. The molecule has 1 aromatic carbocycles. The molecule has 30 heavy (non-hydrogen) atoms. The number of phenolic OH excluding ortho intramolecular Hbond substituents is 2. The second-order valence-corrected chi connectivity index (χ2v) is 10.5. The van der Waals surface area contributed by atoms with Crippen molar-refractivity contribution in [1.82, 2.24) is 0 Å². The van der Waals surface area contributed by atoms with Gasteiger partial charge in [-0.2, -0.15) is 0 Å². The van der Waals surface area contributed by atoms with E-state index in [2.05, 4.69) is 20.8 Å². The summed E-state index contributed by atoms with van der Waals surface area (Å²) in [5.74, 6) is 0.612. The lowest BCUT2D eigenvalue weighted by Crippen LogP contribution is -2.23. The number of phenols is 2. The Morgan fingerprint density at radius 1 is 0.767 bits per heavy atom. The van der Waals surface area contributed by atoms with Gasteiger partial charge >= 0.3 is 0 Å². The Hall–Kier alpha value is -1.71. The highest BCUT2D eigenvalue weighted by molar-refractivity contribution is 5.46. The number of carbonyl (C=O) groups excluding carboxylic acids is 1. The average molecular weight is 421 g/mol. The highest BCUT2D eigenvalue weighted by Gasteiger charge is 2.17. The predicted octanol–water partition coefficient (Wildman–Crippen LogP) is 7.08. The lowest BCUT2D eigenvalue weighted by molar-refractivity contribution is -0.140. The Labute approximate surface area is 184 Å². The zero-order valence-corrected chi connectivity index (χ0v) is 19.9. The molecule has 0 amide bonds. The van der Waals surface area contributed by atoms with E-state index in [1.807, 2.05) is 13.8 Å². The summed E-state index contributed by atoms with van der Waals surface area (Å²) in [4.78, 5) is 10.5. The van der Waals surface area contributed by atoms with E-state index in [-0.39, 0.29) is 5.75 Å². The van der Waals surface area contributed by atoms with Crippen molar-refractivity contribution in [3.8, 4) is 11.5 Å². The van der Waals surface area contributed by atoms with Gasteiger partial charge in [-0.05, 0) is 87.5 Å². The fraction of sp³-hybridized carbons (Fsp3) is 0.731. The molecule has 0 aliphatic heterocycles. The molecule has 0 heterocycles. The molecule has 0 radical (unpaired) electrons. The molecule has 2 N–H and O–H groups in total. The van der Waals surface area contributed by atoms with E-state index in [1.165, 1.54) is 19.3 Å². The Kier molecular flexibility index (Phi) is 11.3. The first-order valence-electron chi connectivity index (χ1n) is 11.7. The molecule has 0 saturated carbocycles. The van der Waals surface area contributed by atoms with E-state index in [0.29, 0.717) is 17.6 Å². The number of unbranched alkanes of at least 4 members (excludes halogenated alkanes) is 6. The van der Waals surface area contributed by atoms with Gasteiger partial charge in [-0.25, -0.2) is 0 Å². The van der Waals surface area contributed by atoms with Crippen LogP contribution in [0.1, 0.15) is 110 Å². The van der Waals surface area contributed by atoms with Gasteiger partial charge in [-0.1, -0.05) is 52.9 Å². The lowest BCUT2D eigenvalue weighted by Gasteiger charge is -2.22. The van der Waals surface area contributed by atoms with E-state index in [4.69, 9.17) is 4.74 Å². The molecule has 0 aliphatic rings. The second kappa shape index (κ2) is 12.9. The number of hydrogen-bond acceptors (Lipinski definition) is 4. The van der Waals surface area contributed by atoms with Gasteiger partial charge in [0.05, 0.1) is 0 Å². The summed E-state index contributed by atoms with van der Waals surface area (Å²) in [7, 11) is 0. The summed E-state index contributed by atoms with van der Waals surface area (Å²) in [5.41, 5.74) is 1.72. The standard InChI is InChI=1S/C26H44O4/c1-25(2,3)16-12-8-6-10-14-21-18-23(28)19-22(24(21)29)15-11-7-9-13-17-26(4,5)30-20-27/h18-20,28-29H,6-17H2,1-5H3. The van der Waals surface area contributed by atoms with Crippen molar-refractivity contribution in [2.45, 2.75) is 117 Å². The Balaban J connectivity index is 2.36. The number of aryl methyl sites for hydroxylation is 2. The second-order valence-electron chi connectivity index (χ2n) is 10.5. The molecular weight excluding hydrogens is 376 g/mol. The van der Waals surface area contributed by atoms with Gasteiger partial charge in [-0.15, -0.1) is 0 Å². The quantitative estimate of drug-likeness (QED) is 0.181. The molecular formula is C26H44O4. The third-order valence-electron chi connectivity index (χ3n) is 5.72. The van der Waals surface area contributed by atoms with Crippen molar-refractivity contribution in [3.63, 3.8) is 0 Å². The van der Waals surface area contributed by atoms with Crippen LogP contribution in [0.15, 0.2) is 12.1 Å². The van der Waals surface area contributed by atoms with Crippen LogP contribution in [0.4, 0.5) is 0 Å². The van der Waals surface area contributed by atoms with Gasteiger partial charge < -0.3 is 14.9 Å². The van der Waals surface area contributed by atoms with Crippen LogP contribution < -0.4 is 0 Å². The normalized spacial score (nSPS) is 12.2.